The van der Waals surface area contributed by atoms with Gasteiger partial charge in [-0.2, -0.15) is 0 Å². The van der Waals surface area contributed by atoms with Gasteiger partial charge in [0.15, 0.2) is 0 Å². The van der Waals surface area contributed by atoms with E-state index in [1.165, 1.54) is 0 Å². The summed E-state index contributed by atoms with van der Waals surface area (Å²) in [6, 6.07) is 6.72. The molecule has 1 aromatic rings. The zero-order valence-electron chi connectivity index (χ0n) is 7.77. The van der Waals surface area contributed by atoms with Gasteiger partial charge in [-0.05, 0) is 24.6 Å². The van der Waals surface area contributed by atoms with Gasteiger partial charge in [0.1, 0.15) is 0 Å². The molecule has 5 N–H and O–H groups in total. The number of hydrazine groups is 1. The maximum atomic E-state index is 11.0. The van der Waals surface area contributed by atoms with Crippen LogP contribution in [0.2, 0.25) is 0 Å². The fourth-order valence-electron chi connectivity index (χ4n) is 1.04. The van der Waals surface area contributed by atoms with Gasteiger partial charge in [-0.1, -0.05) is 12.1 Å². The topological polar surface area (TPSA) is 98.2 Å². The molecule has 0 saturated heterocycles. The average Bonchev–Trinajstić information content (AvgIpc) is 2.15. The van der Waals surface area contributed by atoms with Gasteiger partial charge in [0.05, 0.1) is 5.25 Å². The lowest BCUT2D eigenvalue weighted by atomic mass is 10.1. The van der Waals surface area contributed by atoms with E-state index in [1.54, 1.807) is 31.2 Å². The first kappa shape index (κ1) is 11.0. The van der Waals surface area contributed by atoms with Crippen molar-refractivity contribution >= 4 is 15.7 Å². The van der Waals surface area contributed by atoms with Crippen molar-refractivity contribution in [2.45, 2.75) is 12.2 Å². The zero-order chi connectivity index (χ0) is 10.8. The lowest BCUT2D eigenvalue weighted by Crippen LogP contribution is -2.19. The van der Waals surface area contributed by atoms with Gasteiger partial charge in [-0.15, -0.1) is 0 Å². The van der Waals surface area contributed by atoms with Crippen LogP contribution < -0.4 is 16.4 Å². The maximum absolute atomic E-state index is 11.0. The summed E-state index contributed by atoms with van der Waals surface area (Å²) in [5.74, 6) is 5.17. The maximum Gasteiger partial charge on any atom is 0.215 e. The van der Waals surface area contributed by atoms with E-state index < -0.39 is 15.3 Å². The minimum atomic E-state index is -3.53. The van der Waals surface area contributed by atoms with Crippen molar-refractivity contribution in [1.29, 1.82) is 0 Å². The smallest absolute Gasteiger partial charge is 0.215 e. The number of nitrogens with one attached hydrogen (secondary N) is 1. The normalized spacial score (nSPS) is 13.6. The first-order chi connectivity index (χ1) is 6.45. The Morgan fingerprint density at radius 1 is 1.29 bits per heavy atom. The molecule has 1 unspecified atom stereocenters. The van der Waals surface area contributed by atoms with Crippen LogP contribution in [-0.2, 0) is 10.0 Å². The fraction of sp³-hybridized carbons (Fsp3) is 0.250. The summed E-state index contributed by atoms with van der Waals surface area (Å²) in [6.07, 6.45) is 0. The number of benzene rings is 1. The first-order valence-electron chi connectivity index (χ1n) is 4.03. The fourth-order valence-corrected chi connectivity index (χ4v) is 1.58. The monoisotopic (exact) mass is 215 g/mol. The van der Waals surface area contributed by atoms with Gasteiger partial charge in [-0.3, -0.25) is 5.84 Å². The summed E-state index contributed by atoms with van der Waals surface area (Å²) in [4.78, 5) is 0. The molecule has 78 valence electrons. The van der Waals surface area contributed by atoms with Crippen molar-refractivity contribution in [3.63, 3.8) is 0 Å². The molecule has 0 aliphatic heterocycles. The van der Waals surface area contributed by atoms with Gasteiger partial charge < -0.3 is 5.43 Å². The highest BCUT2D eigenvalue weighted by Gasteiger charge is 2.17. The van der Waals surface area contributed by atoms with Crippen molar-refractivity contribution in [3.05, 3.63) is 29.8 Å². The van der Waals surface area contributed by atoms with Crippen LogP contribution in [0.5, 0.6) is 0 Å². The van der Waals surface area contributed by atoms with Crippen LogP contribution in [0.4, 0.5) is 5.69 Å². The number of sulfonamides is 1. The van der Waals surface area contributed by atoms with Gasteiger partial charge in [0, 0.05) is 5.69 Å². The molecule has 0 bridgehead atoms. The molecular weight excluding hydrogens is 202 g/mol. The van der Waals surface area contributed by atoms with E-state index in [0.29, 0.717) is 5.56 Å². The molecule has 14 heavy (non-hydrogen) atoms. The Morgan fingerprint density at radius 2 is 1.79 bits per heavy atom. The van der Waals surface area contributed by atoms with Crippen LogP contribution in [0.1, 0.15) is 17.7 Å². The molecule has 1 aromatic carbocycles. The molecule has 0 heterocycles. The second-order valence-electron chi connectivity index (χ2n) is 3.00. The van der Waals surface area contributed by atoms with Crippen LogP contribution in [-0.4, -0.2) is 8.42 Å². The number of anilines is 1. The number of primary sulfonamides is 1. The minimum absolute atomic E-state index is 0.645. The summed E-state index contributed by atoms with van der Waals surface area (Å²) in [6.45, 7) is 1.54. The summed E-state index contributed by atoms with van der Waals surface area (Å²) in [5, 5.41) is 4.31. The molecule has 0 amide bonds. The number of hydrogen-bond acceptors (Lipinski definition) is 4. The third-order valence-electron chi connectivity index (χ3n) is 2.04. The quantitative estimate of drug-likeness (QED) is 0.499. The molecule has 0 aromatic heterocycles. The van der Waals surface area contributed by atoms with E-state index in [-0.39, 0.29) is 0 Å². The molecule has 1 atom stereocenters. The Labute approximate surface area is 83.1 Å². The molecule has 0 spiro atoms. The van der Waals surface area contributed by atoms with E-state index in [9.17, 15) is 8.42 Å². The molecule has 5 nitrogen and oxygen atoms in total. The van der Waals surface area contributed by atoms with Gasteiger partial charge in [-0.25, -0.2) is 13.6 Å². The van der Waals surface area contributed by atoms with Crippen LogP contribution in [0, 0.1) is 0 Å². The Morgan fingerprint density at radius 3 is 2.14 bits per heavy atom. The Kier molecular flexibility index (Phi) is 3.10. The van der Waals surface area contributed by atoms with Crippen molar-refractivity contribution in [2.75, 3.05) is 5.43 Å². The Bertz CT molecular complexity index is 399. The first-order valence-corrected chi connectivity index (χ1v) is 5.64. The predicted molar refractivity (Wildman–Crippen MR) is 55.8 cm³/mol. The molecule has 0 saturated carbocycles. The highest BCUT2D eigenvalue weighted by atomic mass is 32.2. The SMILES string of the molecule is CC(c1ccc(NN)cc1)S(N)(=O)=O. The standard InChI is InChI=1S/C8H13N3O2S/c1-6(14(10,12)13)7-2-4-8(11-9)5-3-7/h2-6,11H,9H2,1H3,(H2,10,12,13). The van der Waals surface area contributed by atoms with Gasteiger partial charge in [0.25, 0.3) is 0 Å². The molecular formula is C8H13N3O2S. The van der Waals surface area contributed by atoms with Crippen molar-refractivity contribution in [2.24, 2.45) is 11.0 Å². The molecule has 6 heteroatoms. The highest BCUT2D eigenvalue weighted by molar-refractivity contribution is 7.89. The number of nitrogens with two attached hydrogens (primary N) is 2. The Hall–Kier alpha value is -1.11. The average molecular weight is 215 g/mol. The number of hydrogen-bond donors (Lipinski definition) is 3. The molecule has 0 radical (unpaired) electrons. The lowest BCUT2D eigenvalue weighted by Gasteiger charge is -2.09. The highest BCUT2D eigenvalue weighted by Crippen LogP contribution is 2.20. The van der Waals surface area contributed by atoms with Crippen molar-refractivity contribution in [1.82, 2.24) is 0 Å². The predicted octanol–water partition coefficient (Wildman–Crippen LogP) is 0.322. The van der Waals surface area contributed by atoms with E-state index in [2.05, 4.69) is 5.43 Å². The Balaban J connectivity index is 2.98. The van der Waals surface area contributed by atoms with Crippen molar-refractivity contribution < 1.29 is 8.42 Å². The number of nitrogen functional groups attached to an aromatic ring is 1. The van der Waals surface area contributed by atoms with Gasteiger partial charge in [0.2, 0.25) is 10.0 Å². The summed E-state index contributed by atoms with van der Waals surface area (Å²) in [7, 11) is -3.53. The third kappa shape index (κ3) is 2.44. The van der Waals surface area contributed by atoms with Crippen LogP contribution in [0.25, 0.3) is 0 Å². The van der Waals surface area contributed by atoms with E-state index in [1.807, 2.05) is 0 Å². The lowest BCUT2D eigenvalue weighted by molar-refractivity contribution is 0.588. The molecule has 0 aliphatic rings. The zero-order valence-corrected chi connectivity index (χ0v) is 8.58. The minimum Gasteiger partial charge on any atom is -0.324 e. The molecule has 1 rings (SSSR count). The van der Waals surface area contributed by atoms with E-state index >= 15 is 0 Å². The van der Waals surface area contributed by atoms with E-state index in [4.69, 9.17) is 11.0 Å². The van der Waals surface area contributed by atoms with Crippen molar-refractivity contribution in [3.8, 4) is 0 Å². The molecule has 0 fully saturated rings. The van der Waals surface area contributed by atoms with E-state index in [0.717, 1.165) is 5.69 Å². The second kappa shape index (κ2) is 3.95. The van der Waals surface area contributed by atoms with Crippen LogP contribution >= 0.6 is 0 Å². The summed E-state index contributed by atoms with van der Waals surface area (Å²) >= 11 is 0. The largest absolute Gasteiger partial charge is 0.324 e. The molecule has 0 aliphatic carbocycles. The van der Waals surface area contributed by atoms with Gasteiger partial charge >= 0.3 is 0 Å². The number of rotatable bonds is 3. The summed E-state index contributed by atoms with van der Waals surface area (Å²) < 4.78 is 22.0. The second-order valence-corrected chi connectivity index (χ2v) is 4.88. The van der Waals surface area contributed by atoms with Crippen LogP contribution in [0.3, 0.4) is 0 Å². The third-order valence-corrected chi connectivity index (χ3v) is 3.30. The summed E-state index contributed by atoms with van der Waals surface area (Å²) in [5.41, 5.74) is 3.81. The van der Waals surface area contributed by atoms with Crippen LogP contribution in [0.15, 0.2) is 24.3 Å².